The maximum atomic E-state index is 12.7. The van der Waals surface area contributed by atoms with Gasteiger partial charge in [0, 0.05) is 5.69 Å². The van der Waals surface area contributed by atoms with E-state index in [2.05, 4.69) is 21.2 Å². The van der Waals surface area contributed by atoms with Crippen molar-refractivity contribution in [2.45, 2.75) is 6.61 Å². The third-order valence-electron chi connectivity index (χ3n) is 4.57. The van der Waals surface area contributed by atoms with Gasteiger partial charge in [0.1, 0.15) is 30.1 Å². The molecule has 0 bridgehead atoms. The van der Waals surface area contributed by atoms with Gasteiger partial charge in [0.25, 0.3) is 5.91 Å². The normalized spacial score (nSPS) is 10.5. The number of benzene rings is 3. The summed E-state index contributed by atoms with van der Waals surface area (Å²) in [6, 6.07) is 23.8. The molecule has 170 valence electrons. The number of halogens is 1. The molecule has 0 aliphatic heterocycles. The van der Waals surface area contributed by atoms with E-state index >= 15 is 0 Å². The van der Waals surface area contributed by atoms with Crippen molar-refractivity contribution in [1.29, 1.82) is 10.5 Å². The fraction of sp³-hybridized carbons (Fsp3) is 0.115. The molecule has 0 radical (unpaired) electrons. The Morgan fingerprint density at radius 3 is 2.44 bits per heavy atom. The van der Waals surface area contributed by atoms with Crippen LogP contribution in [0, 0.1) is 22.7 Å². The van der Waals surface area contributed by atoms with Gasteiger partial charge < -0.3 is 19.5 Å². The number of anilines is 1. The van der Waals surface area contributed by atoms with E-state index in [4.69, 9.17) is 19.5 Å². The van der Waals surface area contributed by atoms with Crippen molar-refractivity contribution < 1.29 is 19.0 Å². The Hall–Kier alpha value is -4.27. The van der Waals surface area contributed by atoms with E-state index in [1.165, 1.54) is 13.2 Å². The lowest BCUT2D eigenvalue weighted by Gasteiger charge is -2.12. The summed E-state index contributed by atoms with van der Waals surface area (Å²) in [7, 11) is 1.46. The topological polar surface area (TPSA) is 104 Å². The van der Waals surface area contributed by atoms with Crippen LogP contribution in [0.2, 0.25) is 0 Å². The first kappa shape index (κ1) is 24.4. The SMILES string of the molecule is COc1cc(/C=C(\C#N)C(=O)Nc2ccc(OCc3ccccc3)cc2)cc(Br)c1OCC#N. The first-order valence-corrected chi connectivity index (χ1v) is 10.9. The molecule has 3 aromatic rings. The van der Waals surface area contributed by atoms with Gasteiger partial charge in [-0.1, -0.05) is 30.3 Å². The minimum Gasteiger partial charge on any atom is -0.493 e. The fourth-order valence-electron chi connectivity index (χ4n) is 2.96. The minimum absolute atomic E-state index is 0.0935. The largest absolute Gasteiger partial charge is 0.493 e. The van der Waals surface area contributed by atoms with Crippen LogP contribution in [0.4, 0.5) is 5.69 Å². The zero-order valence-electron chi connectivity index (χ0n) is 18.2. The number of hydrogen-bond donors (Lipinski definition) is 1. The fourth-order valence-corrected chi connectivity index (χ4v) is 3.53. The summed E-state index contributed by atoms with van der Waals surface area (Å²) in [5.74, 6) is 0.826. The highest BCUT2D eigenvalue weighted by molar-refractivity contribution is 9.10. The third kappa shape index (κ3) is 6.61. The van der Waals surface area contributed by atoms with Gasteiger partial charge in [-0.3, -0.25) is 4.79 Å². The Morgan fingerprint density at radius 2 is 1.79 bits per heavy atom. The molecule has 0 unspecified atom stereocenters. The number of rotatable bonds is 9. The molecule has 0 aliphatic carbocycles. The molecule has 3 aromatic carbocycles. The second-order valence-electron chi connectivity index (χ2n) is 6.90. The summed E-state index contributed by atoms with van der Waals surface area (Å²) in [4.78, 5) is 12.7. The first-order chi connectivity index (χ1) is 16.5. The number of methoxy groups -OCH3 is 1. The molecule has 0 spiro atoms. The van der Waals surface area contributed by atoms with Crippen molar-refractivity contribution in [2.24, 2.45) is 0 Å². The molecular weight excluding hydrogens is 498 g/mol. The number of carbonyl (C=O) groups excluding carboxylic acids is 1. The van der Waals surface area contributed by atoms with E-state index in [0.29, 0.717) is 39.6 Å². The summed E-state index contributed by atoms with van der Waals surface area (Å²) < 4.78 is 16.9. The number of amides is 1. The van der Waals surface area contributed by atoms with Gasteiger partial charge in [-0.15, -0.1) is 0 Å². The number of carbonyl (C=O) groups is 1. The number of ether oxygens (including phenoxy) is 3. The van der Waals surface area contributed by atoms with Gasteiger partial charge in [0.2, 0.25) is 0 Å². The van der Waals surface area contributed by atoms with Crippen LogP contribution in [0.1, 0.15) is 11.1 Å². The van der Waals surface area contributed by atoms with E-state index in [1.807, 2.05) is 42.5 Å². The van der Waals surface area contributed by atoms with E-state index in [-0.39, 0.29) is 12.2 Å². The summed E-state index contributed by atoms with van der Waals surface area (Å²) in [6.07, 6.45) is 1.44. The average molecular weight is 518 g/mol. The van der Waals surface area contributed by atoms with Crippen LogP contribution in [-0.2, 0) is 11.4 Å². The highest BCUT2D eigenvalue weighted by Crippen LogP contribution is 2.37. The van der Waals surface area contributed by atoms with Crippen molar-refractivity contribution >= 4 is 33.6 Å². The van der Waals surface area contributed by atoms with Gasteiger partial charge in [0.15, 0.2) is 18.1 Å². The monoisotopic (exact) mass is 517 g/mol. The summed E-state index contributed by atoms with van der Waals surface area (Å²) in [6.45, 7) is 0.291. The lowest BCUT2D eigenvalue weighted by atomic mass is 10.1. The standard InChI is InChI=1S/C26H20BrN3O4/c1-32-24-15-19(14-23(27)25(24)33-12-11-28)13-20(16-29)26(31)30-21-7-9-22(10-8-21)34-17-18-5-3-2-4-6-18/h2-10,13-15H,12,17H2,1H3,(H,30,31)/b20-13+. The maximum absolute atomic E-state index is 12.7. The molecule has 0 saturated carbocycles. The summed E-state index contributed by atoms with van der Waals surface area (Å²) >= 11 is 3.37. The zero-order valence-corrected chi connectivity index (χ0v) is 19.8. The Kier molecular flexibility index (Phi) is 8.67. The van der Waals surface area contributed by atoms with Crippen molar-refractivity contribution in [2.75, 3.05) is 19.0 Å². The van der Waals surface area contributed by atoms with Gasteiger partial charge in [0.05, 0.1) is 11.6 Å². The predicted octanol–water partition coefficient (Wildman–Crippen LogP) is 5.48. The van der Waals surface area contributed by atoms with Crippen LogP contribution in [0.5, 0.6) is 17.2 Å². The lowest BCUT2D eigenvalue weighted by Crippen LogP contribution is -2.13. The Bertz CT molecular complexity index is 1260. The third-order valence-corrected chi connectivity index (χ3v) is 5.16. The quantitative estimate of drug-likeness (QED) is 0.297. The van der Waals surface area contributed by atoms with E-state index in [9.17, 15) is 10.1 Å². The van der Waals surface area contributed by atoms with Crippen molar-refractivity contribution in [3.63, 3.8) is 0 Å². The number of nitrogens with one attached hydrogen (secondary N) is 1. The van der Waals surface area contributed by atoms with Crippen LogP contribution in [0.3, 0.4) is 0 Å². The number of hydrogen-bond acceptors (Lipinski definition) is 6. The minimum atomic E-state index is -0.555. The van der Waals surface area contributed by atoms with Crippen LogP contribution < -0.4 is 19.5 Å². The van der Waals surface area contributed by atoms with Crippen molar-refractivity contribution in [3.8, 4) is 29.4 Å². The Balaban J connectivity index is 1.69. The van der Waals surface area contributed by atoms with Crippen LogP contribution in [0.15, 0.2) is 76.8 Å². The number of nitrogens with zero attached hydrogens (tertiary/aromatic N) is 2. The second kappa shape index (κ2) is 12.1. The highest BCUT2D eigenvalue weighted by Gasteiger charge is 2.14. The first-order valence-electron chi connectivity index (χ1n) is 10.1. The molecule has 0 heterocycles. The maximum Gasteiger partial charge on any atom is 0.266 e. The molecule has 3 rings (SSSR count). The average Bonchev–Trinajstić information content (AvgIpc) is 2.86. The van der Waals surface area contributed by atoms with Crippen molar-refractivity contribution in [3.05, 3.63) is 87.9 Å². The lowest BCUT2D eigenvalue weighted by molar-refractivity contribution is -0.112. The van der Waals surface area contributed by atoms with Gasteiger partial charge >= 0.3 is 0 Å². The molecule has 7 nitrogen and oxygen atoms in total. The van der Waals surface area contributed by atoms with E-state index < -0.39 is 5.91 Å². The predicted molar refractivity (Wildman–Crippen MR) is 131 cm³/mol. The second-order valence-corrected chi connectivity index (χ2v) is 7.76. The molecule has 1 amide bonds. The number of nitriles is 2. The molecule has 0 saturated heterocycles. The van der Waals surface area contributed by atoms with Gasteiger partial charge in [-0.05, 0) is 69.5 Å². The molecule has 0 aromatic heterocycles. The molecule has 34 heavy (non-hydrogen) atoms. The van der Waals surface area contributed by atoms with Crippen LogP contribution >= 0.6 is 15.9 Å². The van der Waals surface area contributed by atoms with Gasteiger partial charge in [-0.2, -0.15) is 10.5 Å². The van der Waals surface area contributed by atoms with Crippen LogP contribution in [-0.4, -0.2) is 19.6 Å². The molecule has 0 fully saturated rings. The molecule has 0 aliphatic rings. The molecular formula is C26H20BrN3O4. The molecule has 1 N–H and O–H groups in total. The Labute approximate surface area is 205 Å². The van der Waals surface area contributed by atoms with Crippen LogP contribution in [0.25, 0.3) is 6.08 Å². The summed E-state index contributed by atoms with van der Waals surface area (Å²) in [5.41, 5.74) is 2.03. The van der Waals surface area contributed by atoms with Crippen molar-refractivity contribution in [1.82, 2.24) is 0 Å². The van der Waals surface area contributed by atoms with E-state index in [0.717, 1.165) is 5.56 Å². The zero-order chi connectivity index (χ0) is 24.3. The molecule has 8 heteroatoms. The Morgan fingerprint density at radius 1 is 1.06 bits per heavy atom. The smallest absolute Gasteiger partial charge is 0.266 e. The highest BCUT2D eigenvalue weighted by atomic mass is 79.9. The van der Waals surface area contributed by atoms with E-state index in [1.54, 1.807) is 36.4 Å². The molecule has 0 atom stereocenters. The summed E-state index contributed by atoms with van der Waals surface area (Å²) in [5, 5.41) is 21.0. The van der Waals surface area contributed by atoms with Gasteiger partial charge in [-0.25, -0.2) is 0 Å².